The molecule has 1 aromatic heterocycles. The summed E-state index contributed by atoms with van der Waals surface area (Å²) in [6.45, 7) is 3.85. The number of nitriles is 1. The van der Waals surface area contributed by atoms with Crippen LogP contribution in [0.1, 0.15) is 17.0 Å². The number of hydrogen-bond donors (Lipinski definition) is 2. The second kappa shape index (κ2) is 6.43. The number of fused-ring (bicyclic) bond motifs is 1. The molecule has 0 bridgehead atoms. The van der Waals surface area contributed by atoms with Crippen LogP contribution in [0.15, 0.2) is 54.1 Å². The molecule has 0 saturated heterocycles. The SMILES string of the molecule is Cc1cc(/C=C(\C#N)C(=O)Nc2ccc3ccccc3c2)c(C)[nH]1. The Morgan fingerprint density at radius 1 is 1.12 bits per heavy atom. The number of aromatic nitrogens is 1. The quantitative estimate of drug-likeness (QED) is 0.558. The molecule has 3 rings (SSSR count). The van der Waals surface area contributed by atoms with Crippen molar-refractivity contribution in [2.24, 2.45) is 0 Å². The number of aromatic amines is 1. The van der Waals surface area contributed by atoms with Crippen LogP contribution in [0.4, 0.5) is 5.69 Å². The van der Waals surface area contributed by atoms with Gasteiger partial charge in [0.15, 0.2) is 0 Å². The minimum Gasteiger partial charge on any atom is -0.362 e. The molecule has 0 aliphatic carbocycles. The maximum absolute atomic E-state index is 12.4. The van der Waals surface area contributed by atoms with Crippen molar-refractivity contribution in [3.63, 3.8) is 0 Å². The van der Waals surface area contributed by atoms with Crippen LogP contribution in [0.5, 0.6) is 0 Å². The lowest BCUT2D eigenvalue weighted by molar-refractivity contribution is -0.112. The maximum atomic E-state index is 12.4. The van der Waals surface area contributed by atoms with Crippen LogP contribution in [-0.4, -0.2) is 10.9 Å². The normalized spacial score (nSPS) is 11.3. The number of hydrogen-bond acceptors (Lipinski definition) is 2. The molecule has 2 N–H and O–H groups in total. The molecule has 24 heavy (non-hydrogen) atoms. The number of carbonyl (C=O) groups is 1. The zero-order valence-electron chi connectivity index (χ0n) is 13.6. The Hall–Kier alpha value is -3.32. The Morgan fingerprint density at radius 3 is 2.54 bits per heavy atom. The van der Waals surface area contributed by atoms with Crippen molar-refractivity contribution in [2.45, 2.75) is 13.8 Å². The predicted octanol–water partition coefficient (Wildman–Crippen LogP) is 4.33. The van der Waals surface area contributed by atoms with Gasteiger partial charge in [-0.25, -0.2) is 0 Å². The van der Waals surface area contributed by atoms with Crippen LogP contribution >= 0.6 is 0 Å². The fraction of sp³-hybridized carbons (Fsp3) is 0.100. The van der Waals surface area contributed by atoms with Crippen LogP contribution in [0.25, 0.3) is 16.8 Å². The summed E-state index contributed by atoms with van der Waals surface area (Å²) >= 11 is 0. The van der Waals surface area contributed by atoms with Gasteiger partial charge in [0.25, 0.3) is 5.91 Å². The van der Waals surface area contributed by atoms with E-state index in [2.05, 4.69) is 10.3 Å². The number of carbonyl (C=O) groups excluding carboxylic acids is 1. The highest BCUT2D eigenvalue weighted by Gasteiger charge is 2.11. The second-order valence-electron chi connectivity index (χ2n) is 5.72. The standard InChI is InChI=1S/C20H17N3O/c1-13-9-17(14(2)22-13)10-18(12-21)20(24)23-19-8-7-15-5-3-4-6-16(15)11-19/h3-11,22H,1-2H3,(H,23,24)/b18-10+. The van der Waals surface area contributed by atoms with E-state index in [1.54, 1.807) is 6.08 Å². The van der Waals surface area contributed by atoms with E-state index in [1.165, 1.54) is 0 Å². The first-order valence-electron chi connectivity index (χ1n) is 7.65. The van der Waals surface area contributed by atoms with Gasteiger partial charge < -0.3 is 10.3 Å². The van der Waals surface area contributed by atoms with Gasteiger partial charge in [0.05, 0.1) is 0 Å². The summed E-state index contributed by atoms with van der Waals surface area (Å²) < 4.78 is 0. The number of H-pyrrole nitrogens is 1. The van der Waals surface area contributed by atoms with Gasteiger partial charge >= 0.3 is 0 Å². The summed E-state index contributed by atoms with van der Waals surface area (Å²) in [5.41, 5.74) is 3.51. The molecule has 0 aliphatic heterocycles. The summed E-state index contributed by atoms with van der Waals surface area (Å²) in [6.07, 6.45) is 1.61. The van der Waals surface area contributed by atoms with Gasteiger partial charge in [-0.1, -0.05) is 30.3 Å². The van der Waals surface area contributed by atoms with Gasteiger partial charge in [-0.3, -0.25) is 4.79 Å². The number of amides is 1. The summed E-state index contributed by atoms with van der Waals surface area (Å²) in [5.74, 6) is -0.411. The first kappa shape index (κ1) is 15.6. The fourth-order valence-corrected chi connectivity index (χ4v) is 2.67. The largest absolute Gasteiger partial charge is 0.362 e. The summed E-state index contributed by atoms with van der Waals surface area (Å²) in [7, 11) is 0. The molecule has 2 aromatic carbocycles. The molecule has 1 amide bonds. The third-order valence-electron chi connectivity index (χ3n) is 3.86. The van der Waals surface area contributed by atoms with Gasteiger partial charge in [0.1, 0.15) is 11.6 Å². The molecular formula is C20H17N3O. The van der Waals surface area contributed by atoms with Gasteiger partial charge in [0, 0.05) is 17.1 Å². The minimum atomic E-state index is -0.411. The Kier molecular flexibility index (Phi) is 4.17. The average molecular weight is 315 g/mol. The van der Waals surface area contributed by atoms with Crippen molar-refractivity contribution >= 4 is 28.4 Å². The molecule has 0 saturated carbocycles. The third-order valence-corrected chi connectivity index (χ3v) is 3.86. The molecule has 0 atom stereocenters. The van der Waals surface area contributed by atoms with E-state index in [4.69, 9.17) is 0 Å². The van der Waals surface area contributed by atoms with E-state index >= 15 is 0 Å². The van der Waals surface area contributed by atoms with E-state index in [9.17, 15) is 10.1 Å². The molecule has 0 unspecified atom stereocenters. The molecule has 0 fully saturated rings. The smallest absolute Gasteiger partial charge is 0.266 e. The zero-order chi connectivity index (χ0) is 17.1. The predicted molar refractivity (Wildman–Crippen MR) is 96.4 cm³/mol. The van der Waals surface area contributed by atoms with Crippen molar-refractivity contribution in [2.75, 3.05) is 5.32 Å². The summed E-state index contributed by atoms with van der Waals surface area (Å²) in [5, 5.41) is 14.2. The van der Waals surface area contributed by atoms with Crippen LogP contribution in [0, 0.1) is 25.2 Å². The average Bonchev–Trinajstić information content (AvgIpc) is 2.89. The number of nitrogens with one attached hydrogen (secondary N) is 2. The van der Waals surface area contributed by atoms with E-state index in [1.807, 2.05) is 68.4 Å². The van der Waals surface area contributed by atoms with Crippen molar-refractivity contribution in [3.05, 3.63) is 71.1 Å². The molecule has 3 aromatic rings. The van der Waals surface area contributed by atoms with Crippen molar-refractivity contribution in [1.29, 1.82) is 5.26 Å². The summed E-state index contributed by atoms with van der Waals surface area (Å²) in [6, 6.07) is 17.5. The topological polar surface area (TPSA) is 68.7 Å². The highest BCUT2D eigenvalue weighted by molar-refractivity contribution is 6.10. The Labute approximate surface area is 140 Å². The van der Waals surface area contributed by atoms with Crippen molar-refractivity contribution < 1.29 is 4.79 Å². The zero-order valence-corrected chi connectivity index (χ0v) is 13.6. The van der Waals surface area contributed by atoms with E-state index in [0.29, 0.717) is 5.69 Å². The molecule has 0 radical (unpaired) electrons. The lowest BCUT2D eigenvalue weighted by Crippen LogP contribution is -2.13. The molecule has 1 heterocycles. The van der Waals surface area contributed by atoms with E-state index in [0.717, 1.165) is 27.7 Å². The van der Waals surface area contributed by atoms with E-state index < -0.39 is 5.91 Å². The minimum absolute atomic E-state index is 0.0743. The fourth-order valence-electron chi connectivity index (χ4n) is 2.67. The second-order valence-corrected chi connectivity index (χ2v) is 5.72. The Balaban J connectivity index is 1.86. The first-order valence-corrected chi connectivity index (χ1v) is 7.65. The maximum Gasteiger partial charge on any atom is 0.266 e. The van der Waals surface area contributed by atoms with Crippen molar-refractivity contribution in [3.8, 4) is 6.07 Å². The van der Waals surface area contributed by atoms with Gasteiger partial charge in [-0.05, 0) is 54.5 Å². The first-order chi connectivity index (χ1) is 11.6. The number of anilines is 1. The lowest BCUT2D eigenvalue weighted by Gasteiger charge is -2.06. The number of aryl methyl sites for hydroxylation is 2. The molecule has 0 aliphatic rings. The van der Waals surface area contributed by atoms with Gasteiger partial charge in [-0.15, -0.1) is 0 Å². The van der Waals surface area contributed by atoms with Gasteiger partial charge in [-0.2, -0.15) is 5.26 Å². The number of benzene rings is 2. The van der Waals surface area contributed by atoms with Crippen molar-refractivity contribution in [1.82, 2.24) is 4.98 Å². The molecule has 0 spiro atoms. The highest BCUT2D eigenvalue weighted by Crippen LogP contribution is 2.20. The van der Waals surface area contributed by atoms with Gasteiger partial charge in [0.2, 0.25) is 0 Å². The number of nitrogens with zero attached hydrogens (tertiary/aromatic N) is 1. The third kappa shape index (κ3) is 3.21. The van der Waals surface area contributed by atoms with Crippen LogP contribution in [-0.2, 0) is 4.79 Å². The molecule has 4 heteroatoms. The van der Waals surface area contributed by atoms with E-state index in [-0.39, 0.29) is 5.57 Å². The Bertz CT molecular complexity index is 990. The lowest BCUT2D eigenvalue weighted by atomic mass is 10.1. The molecule has 118 valence electrons. The van der Waals surface area contributed by atoms with Crippen LogP contribution < -0.4 is 5.32 Å². The summed E-state index contributed by atoms with van der Waals surface area (Å²) in [4.78, 5) is 15.6. The van der Waals surface area contributed by atoms with Crippen LogP contribution in [0.3, 0.4) is 0 Å². The van der Waals surface area contributed by atoms with Crippen LogP contribution in [0.2, 0.25) is 0 Å². The Morgan fingerprint density at radius 2 is 1.88 bits per heavy atom. The number of rotatable bonds is 3. The molecular weight excluding hydrogens is 298 g/mol. The molecule has 4 nitrogen and oxygen atoms in total. The monoisotopic (exact) mass is 315 g/mol. The highest BCUT2D eigenvalue weighted by atomic mass is 16.1.